The second kappa shape index (κ2) is 6.32. The highest BCUT2D eigenvalue weighted by atomic mass is 16.5. The van der Waals surface area contributed by atoms with Crippen LogP contribution in [0.3, 0.4) is 0 Å². The van der Waals surface area contributed by atoms with Crippen LogP contribution >= 0.6 is 0 Å². The molecule has 2 bridgehead atoms. The first-order valence-electron chi connectivity index (χ1n) is 11.8. The maximum absolute atomic E-state index is 6.99. The van der Waals surface area contributed by atoms with Gasteiger partial charge in [0.25, 0.3) is 0 Å². The van der Waals surface area contributed by atoms with Gasteiger partial charge < -0.3 is 24.0 Å². The summed E-state index contributed by atoms with van der Waals surface area (Å²) in [5.41, 5.74) is 4.29. The minimum absolute atomic E-state index is 0.102. The van der Waals surface area contributed by atoms with Gasteiger partial charge in [0.05, 0.1) is 25.4 Å². The fraction of sp³-hybridized carbons (Fsp3) is 0.538. The molecule has 2 fully saturated rings. The number of rotatable bonds is 2. The molecule has 1 saturated heterocycles. The van der Waals surface area contributed by atoms with Gasteiger partial charge in [-0.1, -0.05) is 18.2 Å². The second-order valence-corrected chi connectivity index (χ2v) is 9.97. The summed E-state index contributed by atoms with van der Waals surface area (Å²) < 4.78 is 18.8. The lowest BCUT2D eigenvalue weighted by Crippen LogP contribution is -2.68. The van der Waals surface area contributed by atoms with E-state index in [1.54, 1.807) is 7.11 Å². The van der Waals surface area contributed by atoms with Crippen LogP contribution < -0.4 is 19.1 Å². The molecule has 1 saturated carbocycles. The molecule has 1 spiro atoms. The Labute approximate surface area is 183 Å². The standard InChI is InChI=1S/C26H30N2O3/c1-27-12-11-26-17-8-9-19(28-13-14-30-21-6-4-3-5-18(21)28)25(26)31-24-22(29-2)10-7-16(23(24)26)15-20(17)27/h3-7,10,17,19-20,25H,8-9,11-15H2,1-2H3/t17-,19+,20-,25-,26-/m0/s1. The van der Waals surface area contributed by atoms with Crippen molar-refractivity contribution in [2.45, 2.75) is 49.3 Å². The zero-order chi connectivity index (χ0) is 20.7. The van der Waals surface area contributed by atoms with Crippen molar-refractivity contribution in [2.24, 2.45) is 5.92 Å². The Morgan fingerprint density at radius 3 is 2.87 bits per heavy atom. The molecule has 5 heteroatoms. The number of hydrogen-bond acceptors (Lipinski definition) is 5. The topological polar surface area (TPSA) is 34.2 Å². The summed E-state index contributed by atoms with van der Waals surface area (Å²) in [5, 5.41) is 0. The normalized spacial score (nSPS) is 35.0. The molecule has 2 aromatic rings. The minimum atomic E-state index is 0.102. The highest BCUT2D eigenvalue weighted by Gasteiger charge is 2.66. The number of nitrogens with zero attached hydrogens (tertiary/aromatic N) is 2. The molecule has 5 atom stereocenters. The van der Waals surface area contributed by atoms with E-state index < -0.39 is 0 Å². The summed E-state index contributed by atoms with van der Waals surface area (Å²) >= 11 is 0. The first kappa shape index (κ1) is 18.2. The van der Waals surface area contributed by atoms with Crippen molar-refractivity contribution in [1.82, 2.24) is 4.90 Å². The van der Waals surface area contributed by atoms with Gasteiger partial charge in [-0.3, -0.25) is 0 Å². The van der Waals surface area contributed by atoms with Crippen LogP contribution in [-0.2, 0) is 11.8 Å². The lowest BCUT2D eigenvalue weighted by Gasteiger charge is -2.60. The Hall–Kier alpha value is -2.40. The number of methoxy groups -OCH3 is 1. The molecule has 162 valence electrons. The molecule has 0 amide bonds. The molecule has 2 aromatic carbocycles. The van der Waals surface area contributed by atoms with Crippen LogP contribution in [-0.4, -0.2) is 56.9 Å². The van der Waals surface area contributed by atoms with Gasteiger partial charge in [-0.25, -0.2) is 0 Å². The summed E-state index contributed by atoms with van der Waals surface area (Å²) in [4.78, 5) is 5.21. The Balaban J connectivity index is 1.40. The average molecular weight is 419 g/mol. The van der Waals surface area contributed by atoms with E-state index in [0.29, 0.717) is 18.0 Å². The molecule has 0 unspecified atom stereocenters. The maximum Gasteiger partial charge on any atom is 0.165 e. The molecule has 0 N–H and O–H groups in total. The van der Waals surface area contributed by atoms with Crippen molar-refractivity contribution in [3.8, 4) is 17.2 Å². The van der Waals surface area contributed by atoms with Gasteiger partial charge in [-0.2, -0.15) is 0 Å². The maximum atomic E-state index is 6.99. The zero-order valence-electron chi connectivity index (χ0n) is 18.3. The molecule has 0 radical (unpaired) electrons. The second-order valence-electron chi connectivity index (χ2n) is 9.97. The average Bonchev–Trinajstić information content (AvgIpc) is 3.16. The zero-order valence-corrected chi connectivity index (χ0v) is 18.3. The van der Waals surface area contributed by atoms with Crippen LogP contribution in [0.25, 0.3) is 0 Å². The minimum Gasteiger partial charge on any atom is -0.493 e. The number of fused-ring (bicyclic) bond motifs is 1. The number of anilines is 1. The summed E-state index contributed by atoms with van der Waals surface area (Å²) in [6, 6.07) is 13.9. The molecule has 5 nitrogen and oxygen atoms in total. The molecule has 7 rings (SSSR count). The van der Waals surface area contributed by atoms with Crippen LogP contribution in [0.2, 0.25) is 0 Å². The van der Waals surface area contributed by atoms with Gasteiger partial charge in [-0.15, -0.1) is 0 Å². The van der Waals surface area contributed by atoms with E-state index in [9.17, 15) is 0 Å². The van der Waals surface area contributed by atoms with E-state index in [1.165, 1.54) is 36.1 Å². The number of ether oxygens (including phenoxy) is 3. The summed E-state index contributed by atoms with van der Waals surface area (Å²) in [5.74, 6) is 3.60. The molecule has 5 aliphatic rings. The highest BCUT2D eigenvalue weighted by molar-refractivity contribution is 5.64. The Morgan fingerprint density at radius 1 is 1.06 bits per heavy atom. The van der Waals surface area contributed by atoms with Crippen LogP contribution in [0.5, 0.6) is 17.2 Å². The van der Waals surface area contributed by atoms with Crippen molar-refractivity contribution in [3.05, 3.63) is 47.5 Å². The largest absolute Gasteiger partial charge is 0.493 e. The Kier molecular flexibility index (Phi) is 3.71. The molecular weight excluding hydrogens is 388 g/mol. The molecule has 3 heterocycles. The number of para-hydroxylation sites is 2. The van der Waals surface area contributed by atoms with Gasteiger partial charge in [0.1, 0.15) is 18.5 Å². The van der Waals surface area contributed by atoms with E-state index >= 15 is 0 Å². The fourth-order valence-electron chi connectivity index (χ4n) is 7.72. The first-order valence-corrected chi connectivity index (χ1v) is 11.8. The van der Waals surface area contributed by atoms with Crippen molar-refractivity contribution < 1.29 is 14.2 Å². The molecule has 31 heavy (non-hydrogen) atoms. The van der Waals surface area contributed by atoms with Gasteiger partial charge in [0.2, 0.25) is 0 Å². The summed E-state index contributed by atoms with van der Waals surface area (Å²) in [6.07, 6.45) is 4.90. The van der Waals surface area contributed by atoms with E-state index in [2.05, 4.69) is 53.2 Å². The van der Waals surface area contributed by atoms with Crippen LogP contribution in [0.1, 0.15) is 30.4 Å². The number of benzene rings is 2. The van der Waals surface area contributed by atoms with Gasteiger partial charge >= 0.3 is 0 Å². The van der Waals surface area contributed by atoms with E-state index in [4.69, 9.17) is 14.2 Å². The Morgan fingerprint density at radius 2 is 1.97 bits per heavy atom. The van der Waals surface area contributed by atoms with Gasteiger partial charge in [-0.05, 0) is 69.0 Å². The van der Waals surface area contributed by atoms with Gasteiger partial charge in [0.15, 0.2) is 11.5 Å². The smallest absolute Gasteiger partial charge is 0.165 e. The predicted octanol–water partition coefficient (Wildman–Crippen LogP) is 3.63. The van der Waals surface area contributed by atoms with Crippen LogP contribution in [0.4, 0.5) is 5.69 Å². The van der Waals surface area contributed by atoms with Crippen LogP contribution in [0.15, 0.2) is 36.4 Å². The third kappa shape index (κ3) is 2.20. The third-order valence-corrected chi connectivity index (χ3v) is 8.93. The number of likely N-dealkylation sites (tertiary alicyclic amines) is 1. The quantitative estimate of drug-likeness (QED) is 0.744. The highest BCUT2D eigenvalue weighted by Crippen LogP contribution is 2.64. The number of likely N-dealkylation sites (N-methyl/N-ethyl adjacent to an activating group) is 1. The third-order valence-electron chi connectivity index (χ3n) is 8.93. The van der Waals surface area contributed by atoms with Crippen molar-refractivity contribution >= 4 is 5.69 Å². The van der Waals surface area contributed by atoms with Crippen molar-refractivity contribution in [3.63, 3.8) is 0 Å². The lowest BCUT2D eigenvalue weighted by atomic mass is 9.51. The molecule has 0 aromatic heterocycles. The first-order chi connectivity index (χ1) is 15.2. The Bertz CT molecular complexity index is 1050. The molecule has 2 aliphatic carbocycles. The molecule has 3 aliphatic heterocycles. The fourth-order valence-corrected chi connectivity index (χ4v) is 7.72. The monoisotopic (exact) mass is 418 g/mol. The van der Waals surface area contributed by atoms with E-state index in [1.807, 2.05) is 0 Å². The SMILES string of the molecule is COc1ccc2c3c1O[C@H]1[C@H](N4CCOc5ccccc54)CC[C@H]4[C@H](C2)N(C)CC[C@@]341. The summed E-state index contributed by atoms with van der Waals surface area (Å²) in [7, 11) is 4.09. The van der Waals surface area contributed by atoms with E-state index in [0.717, 1.165) is 43.4 Å². The summed E-state index contributed by atoms with van der Waals surface area (Å²) in [6.45, 7) is 2.80. The van der Waals surface area contributed by atoms with Crippen molar-refractivity contribution in [2.75, 3.05) is 38.8 Å². The van der Waals surface area contributed by atoms with Crippen molar-refractivity contribution in [1.29, 1.82) is 0 Å². The van der Waals surface area contributed by atoms with Crippen LogP contribution in [0, 0.1) is 5.92 Å². The van der Waals surface area contributed by atoms with E-state index in [-0.39, 0.29) is 11.5 Å². The number of hydrogen-bond donors (Lipinski definition) is 0. The molecular formula is C26H30N2O3. The number of piperidine rings is 1. The van der Waals surface area contributed by atoms with Gasteiger partial charge in [0, 0.05) is 17.0 Å². The lowest BCUT2D eigenvalue weighted by molar-refractivity contribution is -0.0529. The predicted molar refractivity (Wildman–Crippen MR) is 120 cm³/mol.